The molecule has 0 bridgehead atoms. The Labute approximate surface area is 221 Å². The number of anilines is 2. The number of carbonyl (C=O) groups is 2. The maximum absolute atomic E-state index is 13.4. The first-order chi connectivity index (χ1) is 18.5. The molecule has 7 nitrogen and oxygen atoms in total. The third-order valence-corrected chi connectivity index (χ3v) is 7.44. The van der Waals surface area contributed by atoms with E-state index in [9.17, 15) is 9.59 Å². The number of amides is 1. The average Bonchev–Trinajstić information content (AvgIpc) is 3.66. The number of hydrogen-bond donors (Lipinski definition) is 2. The summed E-state index contributed by atoms with van der Waals surface area (Å²) >= 11 is 0. The van der Waals surface area contributed by atoms with Crippen molar-refractivity contribution >= 4 is 45.4 Å². The maximum atomic E-state index is 13.4. The molecule has 2 aliphatic rings. The topological polar surface area (TPSA) is 75.6 Å². The SMILES string of the molecule is COC(=O)c1ccc2c(c1)/C(=C(/Nc1ccc(CN3CCCC3)cc1)c1ccc3c(ccn3C)c1)C(=O)N2. The van der Waals surface area contributed by atoms with E-state index >= 15 is 0 Å². The van der Waals surface area contributed by atoms with E-state index in [2.05, 4.69) is 62.6 Å². The Morgan fingerprint density at radius 3 is 2.50 bits per heavy atom. The highest BCUT2D eigenvalue weighted by atomic mass is 16.5. The molecule has 2 aliphatic heterocycles. The van der Waals surface area contributed by atoms with Gasteiger partial charge in [-0.1, -0.05) is 18.2 Å². The van der Waals surface area contributed by atoms with E-state index in [1.165, 1.54) is 25.5 Å². The second-order valence-electron chi connectivity index (χ2n) is 9.96. The predicted octanol–water partition coefficient (Wildman–Crippen LogP) is 5.49. The highest BCUT2D eigenvalue weighted by molar-refractivity contribution is 6.37. The third-order valence-electron chi connectivity index (χ3n) is 7.44. The molecule has 1 amide bonds. The lowest BCUT2D eigenvalue weighted by atomic mass is 9.97. The molecule has 0 unspecified atom stereocenters. The molecule has 1 fully saturated rings. The predicted molar refractivity (Wildman–Crippen MR) is 151 cm³/mol. The zero-order chi connectivity index (χ0) is 26.2. The highest BCUT2D eigenvalue weighted by Crippen LogP contribution is 2.39. The molecule has 3 heterocycles. The van der Waals surface area contributed by atoms with E-state index in [-0.39, 0.29) is 5.91 Å². The van der Waals surface area contributed by atoms with Gasteiger partial charge in [-0.3, -0.25) is 9.69 Å². The van der Waals surface area contributed by atoms with Gasteiger partial charge in [0.25, 0.3) is 5.91 Å². The van der Waals surface area contributed by atoms with Crippen molar-refractivity contribution in [2.75, 3.05) is 30.8 Å². The zero-order valence-electron chi connectivity index (χ0n) is 21.6. The number of nitrogens with zero attached hydrogens (tertiary/aromatic N) is 2. The number of aryl methyl sites for hydroxylation is 1. The van der Waals surface area contributed by atoms with Gasteiger partial charge in [0.05, 0.1) is 23.9 Å². The van der Waals surface area contributed by atoms with Crippen molar-refractivity contribution in [3.05, 3.63) is 95.2 Å². The molecule has 0 radical (unpaired) electrons. The van der Waals surface area contributed by atoms with Crippen LogP contribution in [0.15, 0.2) is 72.9 Å². The first-order valence-corrected chi connectivity index (χ1v) is 12.9. The Kier molecular flexibility index (Phi) is 6.21. The van der Waals surface area contributed by atoms with Crippen LogP contribution in [0.4, 0.5) is 11.4 Å². The Morgan fingerprint density at radius 1 is 0.974 bits per heavy atom. The number of likely N-dealkylation sites (tertiary alicyclic amines) is 1. The number of benzene rings is 3. The monoisotopic (exact) mass is 506 g/mol. The fourth-order valence-electron chi connectivity index (χ4n) is 5.41. The van der Waals surface area contributed by atoms with Gasteiger partial charge in [-0.15, -0.1) is 0 Å². The van der Waals surface area contributed by atoms with Crippen LogP contribution >= 0.6 is 0 Å². The van der Waals surface area contributed by atoms with Crippen LogP contribution in [0, 0.1) is 0 Å². The van der Waals surface area contributed by atoms with Crippen molar-refractivity contribution in [1.29, 1.82) is 0 Å². The van der Waals surface area contributed by atoms with Crippen molar-refractivity contribution in [2.45, 2.75) is 19.4 Å². The minimum atomic E-state index is -0.444. The quantitative estimate of drug-likeness (QED) is 0.267. The summed E-state index contributed by atoms with van der Waals surface area (Å²) in [6.45, 7) is 3.26. The number of hydrogen-bond acceptors (Lipinski definition) is 5. The van der Waals surface area contributed by atoms with E-state index in [0.717, 1.165) is 41.8 Å². The van der Waals surface area contributed by atoms with Crippen molar-refractivity contribution in [3.63, 3.8) is 0 Å². The van der Waals surface area contributed by atoms with Gasteiger partial charge >= 0.3 is 5.97 Å². The molecule has 0 atom stereocenters. The molecule has 2 N–H and O–H groups in total. The summed E-state index contributed by atoms with van der Waals surface area (Å²) in [6, 6.07) is 21.8. The lowest BCUT2D eigenvalue weighted by Crippen LogP contribution is -2.18. The van der Waals surface area contributed by atoms with Crippen molar-refractivity contribution < 1.29 is 14.3 Å². The van der Waals surface area contributed by atoms with Crippen LogP contribution in [0.5, 0.6) is 0 Å². The van der Waals surface area contributed by atoms with Gasteiger partial charge in [0, 0.05) is 47.6 Å². The van der Waals surface area contributed by atoms with Gasteiger partial charge in [-0.05, 0) is 85.6 Å². The fraction of sp³-hybridized carbons (Fsp3) is 0.226. The maximum Gasteiger partial charge on any atom is 0.337 e. The van der Waals surface area contributed by atoms with Gasteiger partial charge in [0.15, 0.2) is 0 Å². The van der Waals surface area contributed by atoms with Crippen LogP contribution in [0.25, 0.3) is 22.2 Å². The number of nitrogens with one attached hydrogen (secondary N) is 2. The number of fused-ring (bicyclic) bond motifs is 2. The standard InChI is InChI=1S/C31H30N4O3/c1-34-16-13-21-17-22(8-12-27(21)34)29(32-24-9-5-20(6-10-24)19-35-14-3-4-15-35)28-25-18-23(31(37)38-2)7-11-26(25)33-30(28)36/h5-13,16-18,32H,3-4,14-15,19H2,1-2H3,(H,33,36)/b29-28-. The minimum Gasteiger partial charge on any atom is -0.465 e. The Balaban J connectivity index is 1.44. The van der Waals surface area contributed by atoms with Crippen LogP contribution < -0.4 is 10.6 Å². The molecule has 192 valence electrons. The van der Waals surface area contributed by atoms with Gasteiger partial charge in [-0.2, -0.15) is 0 Å². The molecule has 0 aliphatic carbocycles. The fourth-order valence-corrected chi connectivity index (χ4v) is 5.41. The van der Waals surface area contributed by atoms with Crippen molar-refractivity contribution in [3.8, 4) is 0 Å². The molecule has 1 saturated heterocycles. The summed E-state index contributed by atoms with van der Waals surface area (Å²) in [7, 11) is 3.36. The zero-order valence-corrected chi connectivity index (χ0v) is 21.6. The lowest BCUT2D eigenvalue weighted by molar-refractivity contribution is -0.110. The molecule has 0 spiro atoms. The number of rotatable bonds is 6. The first kappa shape index (κ1) is 24.0. The van der Waals surface area contributed by atoms with E-state index < -0.39 is 5.97 Å². The first-order valence-electron chi connectivity index (χ1n) is 12.9. The second-order valence-corrected chi connectivity index (χ2v) is 9.96. The summed E-state index contributed by atoms with van der Waals surface area (Å²) in [5.74, 6) is -0.663. The average molecular weight is 507 g/mol. The van der Waals surface area contributed by atoms with Crippen LogP contribution in [0.1, 0.15) is 39.9 Å². The Bertz CT molecular complexity index is 1580. The van der Waals surface area contributed by atoms with Crippen LogP contribution in [0.3, 0.4) is 0 Å². The van der Waals surface area contributed by atoms with Crippen LogP contribution in [-0.4, -0.2) is 41.5 Å². The number of aromatic nitrogens is 1. The summed E-state index contributed by atoms with van der Waals surface area (Å²) in [4.78, 5) is 28.1. The molecule has 3 aromatic carbocycles. The smallest absolute Gasteiger partial charge is 0.337 e. The number of esters is 1. The molecular weight excluding hydrogens is 476 g/mol. The second kappa shape index (κ2) is 9.84. The highest BCUT2D eigenvalue weighted by Gasteiger charge is 2.30. The van der Waals surface area contributed by atoms with E-state index in [4.69, 9.17) is 4.74 Å². The van der Waals surface area contributed by atoms with E-state index in [0.29, 0.717) is 28.1 Å². The largest absolute Gasteiger partial charge is 0.465 e. The normalized spacial score (nSPS) is 16.4. The summed E-state index contributed by atoms with van der Waals surface area (Å²) in [5.41, 5.74) is 7.03. The lowest BCUT2D eigenvalue weighted by Gasteiger charge is -2.17. The van der Waals surface area contributed by atoms with Gasteiger partial charge in [0.2, 0.25) is 0 Å². The number of methoxy groups -OCH3 is 1. The number of ether oxygens (including phenoxy) is 1. The molecule has 7 heteroatoms. The Hall–Kier alpha value is -4.36. The van der Waals surface area contributed by atoms with E-state index in [1.807, 2.05) is 19.3 Å². The summed E-state index contributed by atoms with van der Waals surface area (Å²) in [5, 5.41) is 7.58. The minimum absolute atomic E-state index is 0.219. The molecule has 6 rings (SSSR count). The van der Waals surface area contributed by atoms with Crippen LogP contribution in [-0.2, 0) is 23.1 Å². The van der Waals surface area contributed by atoms with Crippen molar-refractivity contribution in [2.24, 2.45) is 7.05 Å². The Morgan fingerprint density at radius 2 is 1.74 bits per heavy atom. The van der Waals surface area contributed by atoms with Crippen molar-refractivity contribution in [1.82, 2.24) is 9.47 Å². The van der Waals surface area contributed by atoms with Gasteiger partial charge in [-0.25, -0.2) is 4.79 Å². The molecular formula is C31H30N4O3. The molecule has 0 saturated carbocycles. The number of carbonyl (C=O) groups excluding carboxylic acids is 2. The van der Waals surface area contributed by atoms with Gasteiger partial charge in [0.1, 0.15) is 0 Å². The molecule has 4 aromatic rings. The van der Waals surface area contributed by atoms with Crippen LogP contribution in [0.2, 0.25) is 0 Å². The van der Waals surface area contributed by atoms with Gasteiger partial charge < -0.3 is 19.9 Å². The molecule has 1 aromatic heterocycles. The summed E-state index contributed by atoms with van der Waals surface area (Å²) in [6.07, 6.45) is 4.56. The summed E-state index contributed by atoms with van der Waals surface area (Å²) < 4.78 is 6.99. The molecule has 38 heavy (non-hydrogen) atoms. The third kappa shape index (κ3) is 4.46. The van der Waals surface area contributed by atoms with E-state index in [1.54, 1.807) is 18.2 Å².